The van der Waals surface area contributed by atoms with Crippen LogP contribution in [0.15, 0.2) is 11.3 Å². The Hall–Kier alpha value is -1.65. The molecule has 0 bridgehead atoms. The summed E-state index contributed by atoms with van der Waals surface area (Å²) in [7, 11) is 0. The molecule has 1 aliphatic carbocycles. The number of rotatable bonds is 3. The zero-order valence-corrected chi connectivity index (χ0v) is 11.2. The van der Waals surface area contributed by atoms with E-state index in [2.05, 4.69) is 5.32 Å². The molecule has 0 radical (unpaired) electrons. The molecule has 1 rings (SSSR count). The largest absolute Gasteiger partial charge is 0.480 e. The molecule has 0 aromatic heterocycles. The zero-order valence-electron chi connectivity index (χ0n) is 11.2. The minimum Gasteiger partial charge on any atom is -0.480 e. The minimum absolute atomic E-state index is 0.127. The maximum absolute atomic E-state index is 11.9. The van der Waals surface area contributed by atoms with Crippen LogP contribution in [0.25, 0.3) is 0 Å². The van der Waals surface area contributed by atoms with E-state index in [0.29, 0.717) is 18.5 Å². The Kier molecular flexibility index (Phi) is 3.94. The first-order chi connectivity index (χ1) is 8.14. The Morgan fingerprint density at radius 1 is 1.28 bits per heavy atom. The summed E-state index contributed by atoms with van der Waals surface area (Å²) in [6, 6.07) is -0.826. The smallest absolute Gasteiger partial charge is 0.325 e. The third kappa shape index (κ3) is 3.18. The summed E-state index contributed by atoms with van der Waals surface area (Å²) in [6.45, 7) is 6.79. The van der Waals surface area contributed by atoms with Crippen LogP contribution < -0.4 is 5.32 Å². The van der Waals surface area contributed by atoms with Gasteiger partial charge >= 0.3 is 5.97 Å². The van der Waals surface area contributed by atoms with E-state index >= 15 is 0 Å². The highest BCUT2D eigenvalue weighted by atomic mass is 16.4. The molecule has 18 heavy (non-hydrogen) atoms. The molecular weight excluding hydrogens is 234 g/mol. The van der Waals surface area contributed by atoms with Crippen molar-refractivity contribution in [3.63, 3.8) is 0 Å². The molecule has 1 unspecified atom stereocenters. The number of ketones is 2. The number of allylic oxidation sites excluding steroid dienone is 2. The van der Waals surface area contributed by atoms with Gasteiger partial charge < -0.3 is 10.4 Å². The Balaban J connectivity index is 2.97. The maximum Gasteiger partial charge on any atom is 0.325 e. The molecule has 0 aliphatic heterocycles. The van der Waals surface area contributed by atoms with Crippen LogP contribution in [0.5, 0.6) is 0 Å². The molecule has 100 valence electrons. The number of carbonyl (C=O) groups is 3. The van der Waals surface area contributed by atoms with Gasteiger partial charge in [0.2, 0.25) is 0 Å². The van der Waals surface area contributed by atoms with Gasteiger partial charge in [0.25, 0.3) is 0 Å². The van der Waals surface area contributed by atoms with Crippen LogP contribution >= 0.6 is 0 Å². The molecule has 5 heteroatoms. The summed E-state index contributed by atoms with van der Waals surface area (Å²) in [5.41, 5.74) is 0.175. The molecule has 1 aliphatic rings. The van der Waals surface area contributed by atoms with Crippen LogP contribution in [0.2, 0.25) is 0 Å². The highest BCUT2D eigenvalue weighted by Crippen LogP contribution is 2.34. The van der Waals surface area contributed by atoms with E-state index in [-0.39, 0.29) is 22.6 Å². The standard InChI is InChI=1S/C13H19NO4/c1-7(14-8(2)12(17)18)11-9(15)5-13(3,4)6-10(11)16/h8,14H,5-6H2,1-4H3,(H,17,18). The second-order valence-corrected chi connectivity index (χ2v) is 5.57. The molecule has 0 spiro atoms. The summed E-state index contributed by atoms with van der Waals surface area (Å²) in [4.78, 5) is 34.6. The Morgan fingerprint density at radius 3 is 2.11 bits per heavy atom. The van der Waals surface area contributed by atoms with E-state index in [0.717, 1.165) is 0 Å². The number of hydrogen-bond acceptors (Lipinski definition) is 4. The molecule has 2 N–H and O–H groups in total. The minimum atomic E-state index is -1.02. The number of nitrogens with one attached hydrogen (secondary N) is 1. The van der Waals surface area contributed by atoms with Gasteiger partial charge in [0, 0.05) is 18.5 Å². The van der Waals surface area contributed by atoms with E-state index in [9.17, 15) is 14.4 Å². The predicted octanol–water partition coefficient (Wildman–Crippen LogP) is 1.28. The first-order valence-corrected chi connectivity index (χ1v) is 5.90. The van der Waals surface area contributed by atoms with Crippen molar-refractivity contribution in [2.45, 2.75) is 46.6 Å². The molecule has 1 saturated carbocycles. The number of aliphatic carboxylic acids is 1. The van der Waals surface area contributed by atoms with Crippen molar-refractivity contribution < 1.29 is 19.5 Å². The number of Topliss-reactive ketones (excluding diaryl/α,β-unsaturated/α-hetero) is 2. The van der Waals surface area contributed by atoms with Gasteiger partial charge in [-0.05, 0) is 19.3 Å². The lowest BCUT2D eigenvalue weighted by atomic mass is 9.73. The second kappa shape index (κ2) is 4.92. The monoisotopic (exact) mass is 253 g/mol. The predicted molar refractivity (Wildman–Crippen MR) is 66.0 cm³/mol. The van der Waals surface area contributed by atoms with Crippen LogP contribution in [-0.4, -0.2) is 28.7 Å². The van der Waals surface area contributed by atoms with Crippen LogP contribution in [0.4, 0.5) is 0 Å². The SMILES string of the molecule is CC(NC(C)C(=O)O)=C1C(=O)CC(C)(C)CC1=O. The fourth-order valence-corrected chi connectivity index (χ4v) is 2.14. The molecule has 1 fully saturated rings. The normalized spacial score (nSPS) is 20.6. The molecule has 0 amide bonds. The molecule has 1 atom stereocenters. The molecular formula is C13H19NO4. The lowest BCUT2D eigenvalue weighted by Gasteiger charge is -2.29. The number of hydrogen-bond donors (Lipinski definition) is 2. The fraction of sp³-hybridized carbons (Fsp3) is 0.615. The van der Waals surface area contributed by atoms with Crippen molar-refractivity contribution in [2.24, 2.45) is 5.41 Å². The van der Waals surface area contributed by atoms with Gasteiger partial charge in [-0.25, -0.2) is 0 Å². The highest BCUT2D eigenvalue weighted by molar-refractivity contribution is 6.22. The number of carbonyl (C=O) groups excluding carboxylic acids is 2. The third-order valence-corrected chi connectivity index (χ3v) is 3.01. The van der Waals surface area contributed by atoms with Gasteiger partial charge in [-0.1, -0.05) is 13.8 Å². The van der Waals surface area contributed by atoms with E-state index < -0.39 is 12.0 Å². The Labute approximate surface area is 106 Å². The van der Waals surface area contributed by atoms with Crippen molar-refractivity contribution in [3.05, 3.63) is 11.3 Å². The van der Waals surface area contributed by atoms with Gasteiger partial charge in [-0.3, -0.25) is 14.4 Å². The quantitative estimate of drug-likeness (QED) is 0.584. The van der Waals surface area contributed by atoms with E-state index in [1.54, 1.807) is 6.92 Å². The van der Waals surface area contributed by atoms with Gasteiger partial charge in [0.15, 0.2) is 11.6 Å². The van der Waals surface area contributed by atoms with Crippen LogP contribution in [0.1, 0.15) is 40.5 Å². The van der Waals surface area contributed by atoms with Crippen molar-refractivity contribution in [3.8, 4) is 0 Å². The topological polar surface area (TPSA) is 83.5 Å². The van der Waals surface area contributed by atoms with Crippen molar-refractivity contribution in [1.82, 2.24) is 5.32 Å². The first kappa shape index (κ1) is 14.4. The lowest BCUT2D eigenvalue weighted by molar-refractivity contribution is -0.139. The van der Waals surface area contributed by atoms with Gasteiger partial charge in [-0.2, -0.15) is 0 Å². The van der Waals surface area contributed by atoms with Gasteiger partial charge in [0.05, 0.1) is 5.57 Å². The summed E-state index contributed by atoms with van der Waals surface area (Å²) in [5, 5.41) is 11.5. The number of carboxylic acids is 1. The average molecular weight is 253 g/mol. The summed E-state index contributed by atoms with van der Waals surface area (Å²) in [6.07, 6.45) is 0.628. The van der Waals surface area contributed by atoms with Crippen LogP contribution in [0.3, 0.4) is 0 Å². The van der Waals surface area contributed by atoms with Crippen LogP contribution in [-0.2, 0) is 14.4 Å². The number of carboxylic acid groups (broad SMARTS) is 1. The first-order valence-electron chi connectivity index (χ1n) is 5.90. The van der Waals surface area contributed by atoms with Crippen molar-refractivity contribution in [2.75, 3.05) is 0 Å². The zero-order chi connectivity index (χ0) is 14.1. The van der Waals surface area contributed by atoms with Crippen molar-refractivity contribution >= 4 is 17.5 Å². The van der Waals surface area contributed by atoms with Gasteiger partial charge in [0.1, 0.15) is 6.04 Å². The third-order valence-electron chi connectivity index (χ3n) is 3.01. The summed E-state index contributed by atoms with van der Waals surface area (Å²) in [5.74, 6) is -1.44. The fourth-order valence-electron chi connectivity index (χ4n) is 2.14. The van der Waals surface area contributed by atoms with Gasteiger partial charge in [-0.15, -0.1) is 0 Å². The highest BCUT2D eigenvalue weighted by Gasteiger charge is 2.36. The van der Waals surface area contributed by atoms with E-state index in [4.69, 9.17) is 5.11 Å². The molecule has 0 aromatic carbocycles. The van der Waals surface area contributed by atoms with Crippen molar-refractivity contribution in [1.29, 1.82) is 0 Å². The molecule has 5 nitrogen and oxygen atoms in total. The summed E-state index contributed by atoms with van der Waals surface area (Å²) >= 11 is 0. The second-order valence-electron chi connectivity index (χ2n) is 5.57. The van der Waals surface area contributed by atoms with E-state index in [1.807, 2.05) is 13.8 Å². The average Bonchev–Trinajstić information content (AvgIpc) is 2.13. The Morgan fingerprint density at radius 2 is 1.72 bits per heavy atom. The maximum atomic E-state index is 11.9. The summed E-state index contributed by atoms with van der Waals surface area (Å²) < 4.78 is 0. The van der Waals surface area contributed by atoms with Crippen LogP contribution in [0, 0.1) is 5.41 Å². The van der Waals surface area contributed by atoms with E-state index in [1.165, 1.54) is 6.92 Å². The lowest BCUT2D eigenvalue weighted by Crippen LogP contribution is -2.37. The molecule has 0 saturated heterocycles. The Bertz CT molecular complexity index is 412. The molecule has 0 heterocycles. The molecule has 0 aromatic rings.